The minimum Gasteiger partial charge on any atom is -0.450 e. The molecule has 4 heteroatoms. The van der Waals surface area contributed by atoms with Crippen LogP contribution in [-0.4, -0.2) is 23.1 Å². The molecule has 0 aliphatic heterocycles. The van der Waals surface area contributed by atoms with E-state index in [0.717, 1.165) is 18.4 Å². The van der Waals surface area contributed by atoms with Gasteiger partial charge in [0.25, 0.3) is 0 Å². The van der Waals surface area contributed by atoms with Crippen LogP contribution in [0.25, 0.3) is 0 Å². The number of hydrogen-bond donors (Lipinski definition) is 1. The summed E-state index contributed by atoms with van der Waals surface area (Å²) in [5.41, 5.74) is 0.810. The van der Waals surface area contributed by atoms with Crippen molar-refractivity contribution in [2.75, 3.05) is 0 Å². The fraction of sp³-hybridized carbons (Fsp3) is 0.467. The second-order valence-corrected chi connectivity index (χ2v) is 4.13. The minimum atomic E-state index is -1.18. The number of rotatable bonds is 5. The first-order valence-electron chi connectivity index (χ1n) is 6.49. The lowest BCUT2D eigenvalue weighted by Gasteiger charge is -2.07. The van der Waals surface area contributed by atoms with Crippen molar-refractivity contribution in [1.29, 1.82) is 0 Å². The molecule has 0 amide bonds. The maximum atomic E-state index is 11.0. The summed E-state index contributed by atoms with van der Waals surface area (Å²) in [6, 6.07) is 9.34. The van der Waals surface area contributed by atoms with Crippen molar-refractivity contribution < 1.29 is 19.4 Å². The molecule has 0 radical (unpaired) electrons. The van der Waals surface area contributed by atoms with Gasteiger partial charge in [-0.25, -0.2) is 4.79 Å². The van der Waals surface area contributed by atoms with Crippen LogP contribution in [0.3, 0.4) is 0 Å². The number of benzene rings is 1. The van der Waals surface area contributed by atoms with Crippen LogP contribution in [0, 0.1) is 0 Å². The van der Waals surface area contributed by atoms with Gasteiger partial charge in [0.1, 0.15) is 6.10 Å². The Morgan fingerprint density at radius 2 is 1.79 bits per heavy atom. The molecule has 1 N–H and O–H groups in total. The smallest absolute Gasteiger partial charge is 0.450 e. The molecule has 0 saturated heterocycles. The fourth-order valence-electron chi connectivity index (χ4n) is 1.47. The van der Waals surface area contributed by atoms with Gasteiger partial charge in [-0.1, -0.05) is 50.6 Å². The van der Waals surface area contributed by atoms with Crippen molar-refractivity contribution >= 4 is 11.9 Å². The van der Waals surface area contributed by atoms with E-state index in [1.807, 2.05) is 44.2 Å². The summed E-state index contributed by atoms with van der Waals surface area (Å²) >= 11 is 0. The summed E-state index contributed by atoms with van der Waals surface area (Å²) in [5, 5.41) is 8.09. The van der Waals surface area contributed by atoms with Crippen LogP contribution in [-0.2, 0) is 4.74 Å². The largest absolute Gasteiger partial charge is 0.506 e. The summed E-state index contributed by atoms with van der Waals surface area (Å²) in [5.74, 6) is 0.209. The highest BCUT2D eigenvalue weighted by Gasteiger charge is 2.04. The van der Waals surface area contributed by atoms with E-state index in [9.17, 15) is 9.59 Å². The molecule has 0 aromatic heterocycles. The lowest BCUT2D eigenvalue weighted by atomic mass is 10.1. The van der Waals surface area contributed by atoms with Gasteiger partial charge in [0, 0.05) is 12.0 Å². The number of carboxylic acid groups (broad SMARTS) is 1. The van der Waals surface area contributed by atoms with Crippen LogP contribution < -0.4 is 0 Å². The molecule has 1 aromatic carbocycles. The zero-order valence-corrected chi connectivity index (χ0v) is 11.8. The third kappa shape index (κ3) is 8.83. The van der Waals surface area contributed by atoms with Crippen LogP contribution in [0.5, 0.6) is 0 Å². The van der Waals surface area contributed by atoms with Gasteiger partial charge in [-0.2, -0.15) is 0 Å². The second-order valence-electron chi connectivity index (χ2n) is 4.13. The third-order valence-corrected chi connectivity index (χ3v) is 2.41. The average Bonchev–Trinajstić information content (AvgIpc) is 2.39. The van der Waals surface area contributed by atoms with Gasteiger partial charge in [-0.3, -0.25) is 4.79 Å². The van der Waals surface area contributed by atoms with E-state index < -0.39 is 6.16 Å². The monoisotopic (exact) mass is 266 g/mol. The van der Waals surface area contributed by atoms with Crippen molar-refractivity contribution in [3.63, 3.8) is 0 Å². The standard InChI is InChI=1S/C9H10O.C6H12O3/c1-2-9(10)8-6-4-3-5-7-8;1-3-4-5(2)9-6(7)8/h3-7H,2H2,1H3;5H,3-4H2,1-2H3,(H,7,8). The zero-order valence-electron chi connectivity index (χ0n) is 11.8. The van der Waals surface area contributed by atoms with Gasteiger partial charge < -0.3 is 9.84 Å². The molecule has 0 heterocycles. The van der Waals surface area contributed by atoms with E-state index in [4.69, 9.17) is 5.11 Å². The number of ether oxygens (including phenoxy) is 1. The third-order valence-electron chi connectivity index (χ3n) is 2.41. The maximum absolute atomic E-state index is 11.0. The summed E-state index contributed by atoms with van der Waals surface area (Å²) in [7, 11) is 0. The van der Waals surface area contributed by atoms with Gasteiger partial charge in [-0.05, 0) is 13.3 Å². The molecular weight excluding hydrogens is 244 g/mol. The van der Waals surface area contributed by atoms with E-state index in [1.54, 1.807) is 6.92 Å². The normalized spacial score (nSPS) is 10.9. The SMILES string of the molecule is CCC(=O)c1ccccc1.CCCC(C)OC(=O)O. The minimum absolute atomic E-state index is 0.160. The molecule has 1 atom stereocenters. The predicted molar refractivity (Wildman–Crippen MR) is 74.5 cm³/mol. The Labute approximate surface area is 114 Å². The summed E-state index contributed by atoms with van der Waals surface area (Å²) in [6.45, 7) is 5.61. The van der Waals surface area contributed by atoms with Crippen LogP contribution >= 0.6 is 0 Å². The van der Waals surface area contributed by atoms with Crippen molar-refractivity contribution in [1.82, 2.24) is 0 Å². The number of hydrogen-bond acceptors (Lipinski definition) is 3. The van der Waals surface area contributed by atoms with Crippen LogP contribution in [0.4, 0.5) is 4.79 Å². The highest BCUT2D eigenvalue weighted by molar-refractivity contribution is 5.95. The predicted octanol–water partition coefficient (Wildman–Crippen LogP) is 4.15. The van der Waals surface area contributed by atoms with E-state index in [0.29, 0.717) is 6.42 Å². The molecule has 0 spiro atoms. The lowest BCUT2D eigenvalue weighted by Crippen LogP contribution is -2.11. The molecule has 19 heavy (non-hydrogen) atoms. The molecule has 0 aliphatic carbocycles. The van der Waals surface area contributed by atoms with E-state index in [-0.39, 0.29) is 11.9 Å². The van der Waals surface area contributed by atoms with Crippen molar-refractivity contribution in [2.24, 2.45) is 0 Å². The molecular formula is C15H22O4. The molecule has 4 nitrogen and oxygen atoms in total. The number of carbonyl (C=O) groups excluding carboxylic acids is 1. The molecule has 1 rings (SSSR count). The van der Waals surface area contributed by atoms with Gasteiger partial charge in [0.05, 0.1) is 0 Å². The Morgan fingerprint density at radius 3 is 2.21 bits per heavy atom. The van der Waals surface area contributed by atoms with Crippen molar-refractivity contribution in [2.45, 2.75) is 46.1 Å². The van der Waals surface area contributed by atoms with Crippen molar-refractivity contribution in [3.8, 4) is 0 Å². The Hall–Kier alpha value is -1.84. The Morgan fingerprint density at radius 1 is 1.21 bits per heavy atom. The average molecular weight is 266 g/mol. The van der Waals surface area contributed by atoms with Gasteiger partial charge >= 0.3 is 6.16 Å². The summed E-state index contributed by atoms with van der Waals surface area (Å²) < 4.78 is 4.41. The molecule has 1 unspecified atom stereocenters. The molecule has 1 aromatic rings. The van der Waals surface area contributed by atoms with Crippen molar-refractivity contribution in [3.05, 3.63) is 35.9 Å². The van der Waals surface area contributed by atoms with E-state index >= 15 is 0 Å². The second kappa shape index (κ2) is 10.1. The zero-order chi connectivity index (χ0) is 14.7. The first kappa shape index (κ1) is 17.2. The van der Waals surface area contributed by atoms with Crippen LogP contribution in [0.2, 0.25) is 0 Å². The van der Waals surface area contributed by atoms with Crippen LogP contribution in [0.15, 0.2) is 30.3 Å². The van der Waals surface area contributed by atoms with E-state index in [2.05, 4.69) is 4.74 Å². The molecule has 0 aliphatic rings. The first-order chi connectivity index (χ1) is 9.01. The first-order valence-corrected chi connectivity index (χ1v) is 6.49. The number of carbonyl (C=O) groups is 2. The topological polar surface area (TPSA) is 63.6 Å². The highest BCUT2D eigenvalue weighted by Crippen LogP contribution is 2.01. The molecule has 0 bridgehead atoms. The van der Waals surface area contributed by atoms with Crippen LogP contribution in [0.1, 0.15) is 50.4 Å². The molecule has 106 valence electrons. The van der Waals surface area contributed by atoms with E-state index in [1.165, 1.54) is 0 Å². The highest BCUT2D eigenvalue weighted by atomic mass is 16.7. The summed E-state index contributed by atoms with van der Waals surface area (Å²) in [4.78, 5) is 20.9. The van der Waals surface area contributed by atoms with Gasteiger partial charge in [-0.15, -0.1) is 0 Å². The quantitative estimate of drug-likeness (QED) is 0.642. The Bertz CT molecular complexity index is 373. The molecule has 0 fully saturated rings. The summed E-state index contributed by atoms with van der Waals surface area (Å²) in [6.07, 6.45) is 0.994. The molecule has 0 saturated carbocycles. The van der Waals surface area contributed by atoms with Gasteiger partial charge in [0.2, 0.25) is 0 Å². The fourth-order valence-corrected chi connectivity index (χ4v) is 1.47. The Kier molecular flexibility index (Phi) is 9.14. The lowest BCUT2D eigenvalue weighted by molar-refractivity contribution is 0.0555. The maximum Gasteiger partial charge on any atom is 0.506 e. The Balaban J connectivity index is 0.000000344. The number of Topliss-reactive ketones (excluding diaryl/α,β-unsaturated/α-hetero) is 1. The van der Waals surface area contributed by atoms with Gasteiger partial charge in [0.15, 0.2) is 5.78 Å². The number of ketones is 1.